The molecular weight excluding hydrogens is 368 g/mol. The van der Waals surface area contributed by atoms with Crippen LogP contribution >= 0.6 is 0 Å². The average molecular weight is 394 g/mol. The third-order valence-electron chi connectivity index (χ3n) is 5.30. The van der Waals surface area contributed by atoms with E-state index in [1.807, 2.05) is 18.2 Å². The Morgan fingerprint density at radius 3 is 2.59 bits per heavy atom. The molecule has 1 N–H and O–H groups in total. The molecule has 7 nitrogen and oxygen atoms in total. The van der Waals surface area contributed by atoms with Gasteiger partial charge in [0.25, 0.3) is 0 Å². The summed E-state index contributed by atoms with van der Waals surface area (Å²) in [4.78, 5) is 19.3. The van der Waals surface area contributed by atoms with Crippen LogP contribution in [-0.4, -0.2) is 47.8 Å². The van der Waals surface area contributed by atoms with Crippen LogP contribution in [0, 0.1) is 0 Å². The van der Waals surface area contributed by atoms with Gasteiger partial charge < -0.3 is 24.3 Å². The molecule has 7 heteroatoms. The number of amides is 2. The fourth-order valence-corrected chi connectivity index (χ4v) is 3.73. The third kappa shape index (κ3) is 3.48. The fourth-order valence-electron chi connectivity index (χ4n) is 3.73. The Morgan fingerprint density at radius 1 is 1.14 bits per heavy atom. The number of rotatable bonds is 5. The number of imidazole rings is 1. The van der Waals surface area contributed by atoms with Crippen molar-refractivity contribution in [3.8, 4) is 11.5 Å². The summed E-state index contributed by atoms with van der Waals surface area (Å²) in [5.74, 6) is 2.62. The highest BCUT2D eigenvalue weighted by molar-refractivity contribution is 5.91. The summed E-state index contributed by atoms with van der Waals surface area (Å²) in [5.41, 5.74) is 2.75. The van der Waals surface area contributed by atoms with E-state index in [2.05, 4.69) is 29.8 Å². The number of para-hydroxylation sites is 2. The summed E-state index contributed by atoms with van der Waals surface area (Å²) in [6.45, 7) is 5.59. The monoisotopic (exact) mass is 394 g/mol. The van der Waals surface area contributed by atoms with E-state index in [0.29, 0.717) is 36.2 Å². The SMILES string of the molecule is COc1ccc(NC(=O)N2CC(n3c(C(C)C)nc4ccccc43)C2)c(OC)c1. The number of likely N-dealkylation sites (tertiary alicyclic amines) is 1. The number of nitrogens with one attached hydrogen (secondary N) is 1. The number of aromatic nitrogens is 2. The smallest absolute Gasteiger partial charge is 0.322 e. The number of benzene rings is 2. The number of ether oxygens (including phenoxy) is 2. The molecule has 0 atom stereocenters. The molecule has 0 bridgehead atoms. The first kappa shape index (κ1) is 19.1. The molecule has 3 aromatic rings. The van der Waals surface area contributed by atoms with Gasteiger partial charge in [0.15, 0.2) is 0 Å². The summed E-state index contributed by atoms with van der Waals surface area (Å²) >= 11 is 0. The summed E-state index contributed by atoms with van der Waals surface area (Å²) in [6.07, 6.45) is 0. The minimum absolute atomic E-state index is 0.139. The molecule has 0 aliphatic carbocycles. The highest BCUT2D eigenvalue weighted by atomic mass is 16.5. The van der Waals surface area contributed by atoms with Gasteiger partial charge >= 0.3 is 6.03 Å². The molecule has 0 saturated carbocycles. The van der Waals surface area contributed by atoms with Crippen LogP contribution < -0.4 is 14.8 Å². The average Bonchev–Trinajstić information content (AvgIpc) is 3.07. The van der Waals surface area contributed by atoms with E-state index >= 15 is 0 Å². The number of urea groups is 1. The van der Waals surface area contributed by atoms with Gasteiger partial charge in [0.2, 0.25) is 0 Å². The number of carbonyl (C=O) groups is 1. The molecule has 1 aliphatic heterocycles. The lowest BCUT2D eigenvalue weighted by atomic mass is 10.1. The molecule has 0 unspecified atom stereocenters. The normalized spacial score (nSPS) is 14.2. The fraction of sp³-hybridized carbons (Fsp3) is 0.364. The molecule has 29 heavy (non-hydrogen) atoms. The van der Waals surface area contributed by atoms with Crippen molar-refractivity contribution in [2.24, 2.45) is 0 Å². The number of carbonyl (C=O) groups excluding carboxylic acids is 1. The molecule has 1 aliphatic rings. The van der Waals surface area contributed by atoms with E-state index in [-0.39, 0.29) is 12.1 Å². The lowest BCUT2D eigenvalue weighted by Crippen LogP contribution is -2.52. The Bertz CT molecular complexity index is 1040. The molecule has 2 amide bonds. The second-order valence-electron chi connectivity index (χ2n) is 7.54. The first-order valence-electron chi connectivity index (χ1n) is 9.76. The van der Waals surface area contributed by atoms with Gasteiger partial charge in [0.05, 0.1) is 37.0 Å². The number of anilines is 1. The predicted molar refractivity (Wildman–Crippen MR) is 113 cm³/mol. The molecule has 1 fully saturated rings. The van der Waals surface area contributed by atoms with Crippen molar-refractivity contribution in [3.63, 3.8) is 0 Å². The maximum atomic E-state index is 12.7. The zero-order valence-electron chi connectivity index (χ0n) is 17.2. The van der Waals surface area contributed by atoms with Gasteiger partial charge in [-0.25, -0.2) is 9.78 Å². The minimum Gasteiger partial charge on any atom is -0.497 e. The molecule has 4 rings (SSSR count). The molecule has 2 aromatic carbocycles. The van der Waals surface area contributed by atoms with Gasteiger partial charge in [0, 0.05) is 25.1 Å². The lowest BCUT2D eigenvalue weighted by molar-refractivity contribution is 0.135. The Balaban J connectivity index is 1.49. The number of methoxy groups -OCH3 is 2. The van der Waals surface area contributed by atoms with Crippen molar-refractivity contribution in [1.82, 2.24) is 14.5 Å². The predicted octanol–water partition coefficient (Wildman–Crippen LogP) is 4.27. The van der Waals surface area contributed by atoms with Gasteiger partial charge in [-0.15, -0.1) is 0 Å². The van der Waals surface area contributed by atoms with Gasteiger partial charge in [-0.3, -0.25) is 0 Å². The Labute approximate surface area is 170 Å². The number of hydrogen-bond donors (Lipinski definition) is 1. The van der Waals surface area contributed by atoms with E-state index in [1.165, 1.54) is 0 Å². The topological polar surface area (TPSA) is 68.6 Å². The minimum atomic E-state index is -0.139. The molecular formula is C22H26N4O3. The van der Waals surface area contributed by atoms with Gasteiger partial charge in [-0.2, -0.15) is 0 Å². The largest absolute Gasteiger partial charge is 0.497 e. The molecule has 152 valence electrons. The van der Waals surface area contributed by atoms with Crippen LogP contribution in [-0.2, 0) is 0 Å². The van der Waals surface area contributed by atoms with Crippen LogP contribution in [0.25, 0.3) is 11.0 Å². The van der Waals surface area contributed by atoms with Crippen molar-refractivity contribution in [2.45, 2.75) is 25.8 Å². The van der Waals surface area contributed by atoms with E-state index in [0.717, 1.165) is 16.9 Å². The van der Waals surface area contributed by atoms with Gasteiger partial charge in [-0.05, 0) is 24.3 Å². The van der Waals surface area contributed by atoms with E-state index in [1.54, 1.807) is 37.3 Å². The molecule has 2 heterocycles. The van der Waals surface area contributed by atoms with Gasteiger partial charge in [0.1, 0.15) is 17.3 Å². The van der Waals surface area contributed by atoms with Crippen molar-refractivity contribution >= 4 is 22.8 Å². The Hall–Kier alpha value is -3.22. The van der Waals surface area contributed by atoms with Crippen molar-refractivity contribution in [1.29, 1.82) is 0 Å². The van der Waals surface area contributed by atoms with Crippen LogP contribution in [0.15, 0.2) is 42.5 Å². The third-order valence-corrected chi connectivity index (χ3v) is 5.30. The standard InChI is InChI=1S/C22H26N4O3/c1-14(2)21-23-17-7-5-6-8-19(17)26(21)15-12-25(13-15)22(27)24-18-10-9-16(28-3)11-20(18)29-4/h5-11,14-15H,12-13H2,1-4H3,(H,24,27). The van der Waals surface area contributed by atoms with Crippen molar-refractivity contribution < 1.29 is 14.3 Å². The van der Waals surface area contributed by atoms with E-state index < -0.39 is 0 Å². The second-order valence-corrected chi connectivity index (χ2v) is 7.54. The number of hydrogen-bond acceptors (Lipinski definition) is 4. The molecule has 1 aromatic heterocycles. The first-order chi connectivity index (χ1) is 14.0. The van der Waals surface area contributed by atoms with Crippen LogP contribution in [0.5, 0.6) is 11.5 Å². The zero-order valence-corrected chi connectivity index (χ0v) is 17.2. The highest BCUT2D eigenvalue weighted by Gasteiger charge is 2.35. The van der Waals surface area contributed by atoms with Crippen LogP contribution in [0.2, 0.25) is 0 Å². The van der Waals surface area contributed by atoms with Crippen LogP contribution in [0.4, 0.5) is 10.5 Å². The van der Waals surface area contributed by atoms with E-state index in [9.17, 15) is 4.79 Å². The van der Waals surface area contributed by atoms with Crippen LogP contribution in [0.3, 0.4) is 0 Å². The highest BCUT2D eigenvalue weighted by Crippen LogP contribution is 2.33. The number of nitrogens with zero attached hydrogens (tertiary/aromatic N) is 3. The molecule has 0 radical (unpaired) electrons. The van der Waals surface area contributed by atoms with Crippen molar-refractivity contribution in [2.75, 3.05) is 32.6 Å². The summed E-state index contributed by atoms with van der Waals surface area (Å²) in [7, 11) is 3.17. The lowest BCUT2D eigenvalue weighted by Gasteiger charge is -2.41. The Kier molecular flexibility index (Phi) is 5.05. The van der Waals surface area contributed by atoms with Crippen molar-refractivity contribution in [3.05, 3.63) is 48.3 Å². The summed E-state index contributed by atoms with van der Waals surface area (Å²) in [6, 6.07) is 13.6. The second kappa shape index (κ2) is 7.66. The summed E-state index contributed by atoms with van der Waals surface area (Å²) < 4.78 is 12.9. The summed E-state index contributed by atoms with van der Waals surface area (Å²) in [5, 5.41) is 2.94. The first-order valence-corrected chi connectivity index (χ1v) is 9.76. The van der Waals surface area contributed by atoms with Crippen LogP contribution in [0.1, 0.15) is 31.6 Å². The molecule has 0 spiro atoms. The molecule has 1 saturated heterocycles. The quantitative estimate of drug-likeness (QED) is 0.702. The number of fused-ring (bicyclic) bond motifs is 1. The van der Waals surface area contributed by atoms with Gasteiger partial charge in [-0.1, -0.05) is 26.0 Å². The van der Waals surface area contributed by atoms with E-state index in [4.69, 9.17) is 14.5 Å². The maximum absolute atomic E-state index is 12.7. The maximum Gasteiger partial charge on any atom is 0.322 e. The Morgan fingerprint density at radius 2 is 1.90 bits per heavy atom. The zero-order chi connectivity index (χ0) is 20.5.